The Balaban J connectivity index is 1.89. The van der Waals surface area contributed by atoms with Crippen molar-refractivity contribution in [1.29, 1.82) is 0 Å². The molecule has 10 nitrogen and oxygen atoms in total. The fourth-order valence-electron chi connectivity index (χ4n) is 4.13. The van der Waals surface area contributed by atoms with Crippen LogP contribution in [-0.2, 0) is 30.9 Å². The molecule has 0 bridgehead atoms. The number of ether oxygens (including phenoxy) is 2. The van der Waals surface area contributed by atoms with Gasteiger partial charge >= 0.3 is 5.97 Å². The second-order valence-corrected chi connectivity index (χ2v) is 11.0. The first kappa shape index (κ1) is 28.1. The van der Waals surface area contributed by atoms with E-state index in [4.69, 9.17) is 9.47 Å². The zero-order valence-electron chi connectivity index (χ0n) is 21.7. The minimum Gasteiger partial charge on any atom is -0.496 e. The molecule has 3 rings (SSSR count). The van der Waals surface area contributed by atoms with Crippen LogP contribution in [0, 0.1) is 0 Å². The number of piperazine rings is 1. The van der Waals surface area contributed by atoms with Crippen molar-refractivity contribution in [2.24, 2.45) is 0 Å². The summed E-state index contributed by atoms with van der Waals surface area (Å²) in [6.07, 6.45) is 0. The van der Waals surface area contributed by atoms with Crippen LogP contribution in [0.1, 0.15) is 48.2 Å². The Morgan fingerprint density at radius 2 is 1.73 bits per heavy atom. The number of hydrogen-bond acceptors (Lipinski definition) is 7. The maximum Gasteiger partial charge on any atom is 0.341 e. The van der Waals surface area contributed by atoms with E-state index in [9.17, 15) is 22.8 Å². The first-order valence-corrected chi connectivity index (χ1v) is 13.3. The van der Waals surface area contributed by atoms with Gasteiger partial charge in [-0.25, -0.2) is 13.2 Å². The molecule has 1 atom stereocenters. The van der Waals surface area contributed by atoms with Crippen LogP contribution in [-0.4, -0.2) is 75.3 Å². The third-order valence-electron chi connectivity index (χ3n) is 6.38. The van der Waals surface area contributed by atoms with E-state index in [1.165, 1.54) is 49.8 Å². The van der Waals surface area contributed by atoms with Crippen molar-refractivity contribution in [3.05, 3.63) is 59.2 Å². The zero-order valence-corrected chi connectivity index (χ0v) is 22.5. The molecule has 11 heteroatoms. The second-order valence-electron chi connectivity index (χ2n) is 9.06. The number of methoxy groups -OCH3 is 2. The van der Waals surface area contributed by atoms with E-state index in [1.807, 2.05) is 24.3 Å². The molecular weight excluding hydrogens is 498 g/mol. The molecule has 1 unspecified atom stereocenters. The van der Waals surface area contributed by atoms with E-state index in [2.05, 4.69) is 19.2 Å². The quantitative estimate of drug-likeness (QED) is 0.518. The number of amides is 2. The lowest BCUT2D eigenvalue weighted by Crippen LogP contribution is -2.61. The van der Waals surface area contributed by atoms with Crippen molar-refractivity contribution in [3.8, 4) is 5.75 Å². The zero-order chi connectivity index (χ0) is 27.3. The number of nitrogens with one attached hydrogen (secondary N) is 1. The minimum atomic E-state index is -4.22. The Kier molecular flexibility index (Phi) is 8.93. The van der Waals surface area contributed by atoms with Crippen molar-refractivity contribution >= 4 is 27.8 Å². The summed E-state index contributed by atoms with van der Waals surface area (Å²) < 4.78 is 38.3. The van der Waals surface area contributed by atoms with E-state index >= 15 is 0 Å². The van der Waals surface area contributed by atoms with Crippen molar-refractivity contribution < 1.29 is 32.3 Å². The molecule has 0 aromatic heterocycles. The molecule has 1 aliphatic rings. The molecule has 0 spiro atoms. The van der Waals surface area contributed by atoms with Gasteiger partial charge in [-0.1, -0.05) is 38.1 Å². The maximum absolute atomic E-state index is 13.7. The lowest BCUT2D eigenvalue weighted by Gasteiger charge is -2.39. The number of hydrogen-bond donors (Lipinski definition) is 1. The van der Waals surface area contributed by atoms with Crippen LogP contribution in [0.15, 0.2) is 47.4 Å². The van der Waals surface area contributed by atoms with Crippen LogP contribution in [0.2, 0.25) is 0 Å². The van der Waals surface area contributed by atoms with E-state index in [1.54, 1.807) is 0 Å². The van der Waals surface area contributed by atoms with Crippen molar-refractivity contribution in [2.45, 2.75) is 44.2 Å². The third kappa shape index (κ3) is 6.28. The van der Waals surface area contributed by atoms with Crippen molar-refractivity contribution in [3.63, 3.8) is 0 Å². The van der Waals surface area contributed by atoms with Crippen molar-refractivity contribution in [1.82, 2.24) is 14.5 Å². The molecule has 2 aromatic carbocycles. The SMILES string of the molecule is COC(=O)c1cc(S(=O)(=O)N2CCN(C(C)=O)CC2C(=O)NCc2ccc(C(C)C)cc2)ccc1OC. The fourth-order valence-corrected chi connectivity index (χ4v) is 5.73. The highest BCUT2D eigenvalue weighted by Crippen LogP contribution is 2.27. The normalized spacial score (nSPS) is 16.4. The number of benzene rings is 2. The van der Waals surface area contributed by atoms with E-state index in [0.717, 1.165) is 9.87 Å². The first-order chi connectivity index (χ1) is 17.5. The molecule has 0 radical (unpaired) electrons. The highest BCUT2D eigenvalue weighted by molar-refractivity contribution is 7.89. The average Bonchev–Trinajstić information content (AvgIpc) is 2.90. The third-order valence-corrected chi connectivity index (χ3v) is 8.28. The summed E-state index contributed by atoms with van der Waals surface area (Å²) in [5, 5.41) is 2.81. The molecule has 2 amide bonds. The predicted octanol–water partition coefficient (Wildman–Crippen LogP) is 2.14. The van der Waals surface area contributed by atoms with Gasteiger partial charge in [0, 0.05) is 33.1 Å². The standard InChI is InChI=1S/C26H33N3O7S/c1-17(2)20-8-6-19(7-9-20)15-27-25(31)23-16-28(18(3)30)12-13-29(23)37(33,34)21-10-11-24(35-4)22(14-21)26(32)36-5/h6-11,14,17,23H,12-13,15-16H2,1-5H3,(H,27,31). The molecule has 0 aliphatic carbocycles. The molecule has 0 saturated carbocycles. The molecule has 200 valence electrons. The van der Waals surface area contributed by atoms with Crippen LogP contribution in [0.4, 0.5) is 0 Å². The first-order valence-electron chi connectivity index (χ1n) is 11.9. The van der Waals surface area contributed by atoms with Gasteiger partial charge < -0.3 is 19.7 Å². The second kappa shape index (κ2) is 11.7. The van der Waals surface area contributed by atoms with Gasteiger partial charge in [-0.05, 0) is 35.2 Å². The van der Waals surface area contributed by atoms with Gasteiger partial charge in [0.1, 0.15) is 17.4 Å². The smallest absolute Gasteiger partial charge is 0.341 e. The molecular formula is C26H33N3O7S. The molecule has 1 saturated heterocycles. The van der Waals surface area contributed by atoms with Gasteiger partial charge in [0.15, 0.2) is 0 Å². The number of carbonyl (C=O) groups excluding carboxylic acids is 3. The highest BCUT2D eigenvalue weighted by Gasteiger charge is 2.41. The number of sulfonamides is 1. The molecule has 1 fully saturated rings. The van der Waals surface area contributed by atoms with Gasteiger partial charge in [-0.3, -0.25) is 9.59 Å². The number of esters is 1. The van der Waals surface area contributed by atoms with E-state index in [-0.39, 0.29) is 48.3 Å². The molecule has 1 heterocycles. The van der Waals surface area contributed by atoms with Gasteiger partial charge in [-0.2, -0.15) is 4.31 Å². The number of carbonyl (C=O) groups is 3. The number of rotatable bonds is 8. The summed E-state index contributed by atoms with van der Waals surface area (Å²) in [5.41, 5.74) is 1.98. The van der Waals surface area contributed by atoms with Crippen LogP contribution >= 0.6 is 0 Å². The van der Waals surface area contributed by atoms with Gasteiger partial charge in [0.2, 0.25) is 21.8 Å². The largest absolute Gasteiger partial charge is 0.496 e. The van der Waals surface area contributed by atoms with Crippen LogP contribution < -0.4 is 10.1 Å². The molecule has 2 aromatic rings. The van der Waals surface area contributed by atoms with Crippen LogP contribution in [0.5, 0.6) is 5.75 Å². The van der Waals surface area contributed by atoms with E-state index in [0.29, 0.717) is 5.92 Å². The number of nitrogens with zero attached hydrogens (tertiary/aromatic N) is 2. The Labute approximate surface area is 217 Å². The average molecular weight is 532 g/mol. The van der Waals surface area contributed by atoms with E-state index < -0.39 is 27.9 Å². The summed E-state index contributed by atoms with van der Waals surface area (Å²) in [4.78, 5) is 38.8. The summed E-state index contributed by atoms with van der Waals surface area (Å²) in [5.74, 6) is -1.00. The summed E-state index contributed by atoms with van der Waals surface area (Å²) in [7, 11) is -1.69. The Morgan fingerprint density at radius 3 is 2.30 bits per heavy atom. The monoisotopic (exact) mass is 531 g/mol. The fraction of sp³-hybridized carbons (Fsp3) is 0.423. The minimum absolute atomic E-state index is 0.0562. The van der Waals surface area contributed by atoms with Gasteiger partial charge in [0.05, 0.1) is 19.1 Å². The maximum atomic E-state index is 13.7. The molecule has 1 aliphatic heterocycles. The Bertz CT molecular complexity index is 1260. The summed E-state index contributed by atoms with van der Waals surface area (Å²) >= 11 is 0. The predicted molar refractivity (Wildman–Crippen MR) is 137 cm³/mol. The van der Waals surface area contributed by atoms with Gasteiger partial charge in [0.25, 0.3) is 0 Å². The van der Waals surface area contributed by atoms with Crippen molar-refractivity contribution in [2.75, 3.05) is 33.9 Å². The topological polar surface area (TPSA) is 122 Å². The Morgan fingerprint density at radius 1 is 1.05 bits per heavy atom. The summed E-state index contributed by atoms with van der Waals surface area (Å²) in [6.45, 7) is 5.72. The lowest BCUT2D eigenvalue weighted by atomic mass is 10.0. The van der Waals surface area contributed by atoms with Gasteiger partial charge in [-0.15, -0.1) is 0 Å². The van der Waals surface area contributed by atoms with Crippen LogP contribution in [0.3, 0.4) is 0 Å². The lowest BCUT2D eigenvalue weighted by molar-refractivity contribution is -0.134. The molecule has 1 N–H and O–H groups in total. The van der Waals surface area contributed by atoms with Crippen LogP contribution in [0.25, 0.3) is 0 Å². The highest BCUT2D eigenvalue weighted by atomic mass is 32.2. The molecule has 37 heavy (non-hydrogen) atoms. The Hall–Kier alpha value is -3.44. The summed E-state index contributed by atoms with van der Waals surface area (Å²) in [6, 6.07) is 10.5.